The number of nitrogens with zero attached hydrogens (tertiary/aromatic N) is 3. The van der Waals surface area contributed by atoms with Gasteiger partial charge in [0, 0.05) is 0 Å². The van der Waals surface area contributed by atoms with Gasteiger partial charge in [-0.25, -0.2) is 4.57 Å². The Hall–Kier alpha value is -0.130. The lowest BCUT2D eigenvalue weighted by molar-refractivity contribution is -0.894. The minimum absolute atomic E-state index is 0.177. The first-order valence-corrected chi connectivity index (χ1v) is 20.5. The van der Waals surface area contributed by atoms with Crippen LogP contribution in [-0.2, 0) is 18.1 Å². The number of unbranched alkanes of at least 4 members (excludes halogenated alkanes) is 9. The minimum atomic E-state index is -3.87. The summed E-state index contributed by atoms with van der Waals surface area (Å²) in [4.78, 5) is 0. The van der Waals surface area contributed by atoms with Gasteiger partial charge in [-0.05, 0) is 19.3 Å². The quantitative estimate of drug-likeness (QED) is 0.0416. The smallest absolute Gasteiger partial charge is 0.387 e. The highest BCUT2D eigenvalue weighted by Gasteiger charge is 2.32. The molecule has 0 saturated carbocycles. The van der Waals surface area contributed by atoms with Crippen molar-refractivity contribution in [2.75, 3.05) is 101 Å². The van der Waals surface area contributed by atoms with Crippen LogP contribution < -0.4 is 0 Å². The average molecular weight is 699 g/mol. The molecular weight excluding hydrogens is 617 g/mol. The topological polar surface area (TPSA) is 105 Å². The van der Waals surface area contributed by atoms with E-state index in [0.717, 1.165) is 57.8 Å². The van der Waals surface area contributed by atoms with E-state index in [9.17, 15) is 19.9 Å². The van der Waals surface area contributed by atoms with Gasteiger partial charge in [0.2, 0.25) is 0 Å². The molecular formula is C36H81N3O7P+3. The molecule has 0 bridgehead atoms. The second-order valence-electron chi connectivity index (χ2n) is 16.0. The molecule has 10 nitrogen and oxygen atoms in total. The molecule has 0 aliphatic carbocycles. The molecule has 3 N–H and O–H groups in total. The molecule has 3 unspecified atom stereocenters. The summed E-state index contributed by atoms with van der Waals surface area (Å²) in [7, 11) is 8.41. The van der Waals surface area contributed by atoms with Gasteiger partial charge < -0.3 is 28.8 Å². The van der Waals surface area contributed by atoms with Gasteiger partial charge in [-0.2, -0.15) is 0 Å². The summed E-state index contributed by atoms with van der Waals surface area (Å²) in [6, 6.07) is 0. The fraction of sp³-hybridized carbons (Fsp3) is 1.00. The zero-order chi connectivity index (χ0) is 35.8. The predicted molar refractivity (Wildman–Crippen MR) is 195 cm³/mol. The third-order valence-corrected chi connectivity index (χ3v) is 10.6. The van der Waals surface area contributed by atoms with Crippen molar-refractivity contribution in [1.29, 1.82) is 0 Å². The molecule has 0 radical (unpaired) electrons. The van der Waals surface area contributed by atoms with Crippen LogP contribution in [0.25, 0.3) is 0 Å². The third kappa shape index (κ3) is 27.3. The van der Waals surface area contributed by atoms with Crippen molar-refractivity contribution >= 4 is 7.82 Å². The number of likely N-dealkylation sites (N-methyl/N-ethyl adjacent to an activating group) is 3. The number of phosphoric ester groups is 1. The van der Waals surface area contributed by atoms with E-state index >= 15 is 0 Å². The molecule has 11 heteroatoms. The van der Waals surface area contributed by atoms with Crippen LogP contribution in [0.5, 0.6) is 0 Å². The van der Waals surface area contributed by atoms with Crippen LogP contribution in [0.1, 0.15) is 117 Å². The van der Waals surface area contributed by atoms with Crippen molar-refractivity contribution in [3.63, 3.8) is 0 Å². The van der Waals surface area contributed by atoms with Gasteiger partial charge in [0.1, 0.15) is 77.4 Å². The second-order valence-corrected chi connectivity index (χ2v) is 17.7. The molecule has 3 atom stereocenters. The molecule has 0 aliphatic heterocycles. The number of quaternary nitrogens is 3. The largest absolute Gasteiger partial charge is 0.475 e. The molecule has 0 aromatic carbocycles. The van der Waals surface area contributed by atoms with E-state index in [0.29, 0.717) is 52.7 Å². The average Bonchev–Trinajstić information content (AvgIpc) is 2.94. The van der Waals surface area contributed by atoms with E-state index in [1.54, 1.807) is 0 Å². The van der Waals surface area contributed by atoms with Crippen molar-refractivity contribution in [2.24, 2.45) is 0 Å². The zero-order valence-electron chi connectivity index (χ0n) is 32.5. The Balaban J connectivity index is 5.15. The van der Waals surface area contributed by atoms with Crippen LogP contribution in [0, 0.1) is 0 Å². The highest BCUT2D eigenvalue weighted by atomic mass is 31.2. The molecule has 284 valence electrons. The second kappa shape index (κ2) is 25.8. The first-order chi connectivity index (χ1) is 22.0. The highest BCUT2D eigenvalue weighted by molar-refractivity contribution is 7.48. The van der Waals surface area contributed by atoms with Crippen LogP contribution in [0.15, 0.2) is 0 Å². The van der Waals surface area contributed by atoms with Gasteiger partial charge in [-0.15, -0.1) is 0 Å². The Bertz CT molecular complexity index is 701. The van der Waals surface area contributed by atoms with Crippen molar-refractivity contribution in [3.05, 3.63) is 0 Å². The van der Waals surface area contributed by atoms with Gasteiger partial charge in [-0.1, -0.05) is 97.8 Å². The van der Waals surface area contributed by atoms with Crippen LogP contribution in [0.4, 0.5) is 0 Å². The van der Waals surface area contributed by atoms with E-state index in [-0.39, 0.29) is 38.1 Å². The number of aliphatic hydroxyl groups is 3. The first kappa shape index (κ1) is 46.9. The maximum Gasteiger partial charge on any atom is 0.475 e. The molecule has 0 saturated heterocycles. The normalized spacial score (nSPS) is 16.3. The summed E-state index contributed by atoms with van der Waals surface area (Å²) in [6.45, 7) is 10.5. The molecule has 0 amide bonds. The molecule has 0 spiro atoms. The number of hydrogen-bond acceptors (Lipinski definition) is 7. The molecule has 0 aromatic heterocycles. The summed E-state index contributed by atoms with van der Waals surface area (Å²) >= 11 is 0. The molecule has 0 fully saturated rings. The molecule has 0 rings (SSSR count). The summed E-state index contributed by atoms with van der Waals surface area (Å²) in [5, 5.41) is 31.8. The monoisotopic (exact) mass is 699 g/mol. The lowest BCUT2D eigenvalue weighted by Crippen LogP contribution is -2.48. The van der Waals surface area contributed by atoms with E-state index in [1.165, 1.54) is 38.5 Å². The summed E-state index contributed by atoms with van der Waals surface area (Å²) in [5.74, 6) is 0. The third-order valence-electron chi connectivity index (χ3n) is 9.13. The molecule has 0 aliphatic rings. The van der Waals surface area contributed by atoms with E-state index in [1.807, 2.05) is 42.3 Å². The Labute approximate surface area is 291 Å². The van der Waals surface area contributed by atoms with Crippen molar-refractivity contribution in [2.45, 2.75) is 135 Å². The molecule has 0 aromatic rings. The van der Waals surface area contributed by atoms with E-state index in [4.69, 9.17) is 13.6 Å². The fourth-order valence-corrected chi connectivity index (χ4v) is 7.13. The predicted octanol–water partition coefficient (Wildman–Crippen LogP) is 6.37. The summed E-state index contributed by atoms with van der Waals surface area (Å²) in [5.41, 5.74) is 0. The Morgan fingerprint density at radius 1 is 0.468 bits per heavy atom. The molecule has 0 heterocycles. The van der Waals surface area contributed by atoms with Crippen molar-refractivity contribution < 1.29 is 46.9 Å². The van der Waals surface area contributed by atoms with Gasteiger partial charge in [0.25, 0.3) is 0 Å². The van der Waals surface area contributed by atoms with Crippen molar-refractivity contribution in [1.82, 2.24) is 0 Å². The van der Waals surface area contributed by atoms with Gasteiger partial charge in [0.05, 0.1) is 42.3 Å². The van der Waals surface area contributed by atoms with Crippen LogP contribution in [-0.4, -0.2) is 148 Å². The summed E-state index contributed by atoms with van der Waals surface area (Å²) < 4.78 is 33.2. The van der Waals surface area contributed by atoms with E-state index in [2.05, 4.69) is 20.8 Å². The lowest BCUT2D eigenvalue weighted by Gasteiger charge is -2.34. The Morgan fingerprint density at radius 2 is 0.723 bits per heavy atom. The Kier molecular flexibility index (Phi) is 25.7. The first-order valence-electron chi connectivity index (χ1n) is 19.0. The van der Waals surface area contributed by atoms with Gasteiger partial charge in [-0.3, -0.25) is 13.6 Å². The number of aliphatic hydroxyl groups excluding tert-OH is 3. The van der Waals surface area contributed by atoms with Crippen LogP contribution in [0.2, 0.25) is 0 Å². The number of hydrogen-bond donors (Lipinski definition) is 3. The maximum atomic E-state index is 13.9. The van der Waals surface area contributed by atoms with E-state index < -0.39 is 7.82 Å². The minimum Gasteiger partial charge on any atom is -0.387 e. The summed E-state index contributed by atoms with van der Waals surface area (Å²) in [6.07, 6.45) is 14.8. The highest BCUT2D eigenvalue weighted by Crippen LogP contribution is 2.49. The SMILES string of the molecule is CCCCCCC(O)C[N+](C)(C)CCOP(=O)(OCC[N+](C)(C)CC(O)CCCCCC)OCC[N+](C)(C)CC(O)CCCCCC. The lowest BCUT2D eigenvalue weighted by atomic mass is 10.1. The van der Waals surface area contributed by atoms with Crippen molar-refractivity contribution in [3.8, 4) is 0 Å². The molecule has 47 heavy (non-hydrogen) atoms. The van der Waals surface area contributed by atoms with Gasteiger partial charge >= 0.3 is 7.82 Å². The number of phosphoric acid groups is 1. The Morgan fingerprint density at radius 3 is 0.957 bits per heavy atom. The zero-order valence-corrected chi connectivity index (χ0v) is 33.4. The maximum absolute atomic E-state index is 13.9. The van der Waals surface area contributed by atoms with Gasteiger partial charge in [0.15, 0.2) is 0 Å². The number of rotatable bonds is 33. The van der Waals surface area contributed by atoms with Crippen LogP contribution >= 0.6 is 7.82 Å². The standard InChI is InChI=1S/C36H81N3O7P/c1-10-13-16-19-22-34(40)31-37(4,5)25-28-44-47(43,45-29-26-38(6,7)32-35(41)23-20-17-14-11-2)46-30-27-39(8,9)33-36(42)24-21-18-15-12-3/h34-36,40-42H,10-33H2,1-9H3/q+3. The van der Waals surface area contributed by atoms with Crippen LogP contribution in [0.3, 0.4) is 0 Å². The fourth-order valence-electron chi connectivity index (χ4n) is 5.99.